The van der Waals surface area contributed by atoms with Crippen LogP contribution >= 0.6 is 0 Å². The molecule has 0 unspecified atom stereocenters. The molecule has 0 bridgehead atoms. The molecule has 0 amide bonds. The molecule has 142 valence electrons. The second-order valence-electron chi connectivity index (χ2n) is 7.24. The molecule has 5 aromatic rings. The van der Waals surface area contributed by atoms with Gasteiger partial charge in [-0.25, -0.2) is 0 Å². The molecular formula is C25H14N2O2Te. The number of pyridine rings is 1. The summed E-state index contributed by atoms with van der Waals surface area (Å²) in [7, 11) is 0. The SMILES string of the molecule is O=C1C(=Cc2ccc(-n3ccc4cccnc43)[te]2)C(=O)c2cc3ccccc3cc21. The first-order chi connectivity index (χ1) is 14.7. The van der Waals surface area contributed by atoms with Gasteiger partial charge in [0.1, 0.15) is 0 Å². The zero-order valence-corrected chi connectivity index (χ0v) is 18.0. The summed E-state index contributed by atoms with van der Waals surface area (Å²) in [6, 6.07) is 21.6. The fourth-order valence-electron chi connectivity index (χ4n) is 3.98. The van der Waals surface area contributed by atoms with E-state index in [1.54, 1.807) is 12.3 Å². The Morgan fingerprint density at radius 3 is 2.23 bits per heavy atom. The van der Waals surface area contributed by atoms with Crippen molar-refractivity contribution >= 4 is 59.9 Å². The first-order valence-electron chi connectivity index (χ1n) is 9.55. The van der Waals surface area contributed by atoms with Crippen molar-refractivity contribution in [2.24, 2.45) is 0 Å². The molecule has 0 saturated heterocycles. The first-order valence-corrected chi connectivity index (χ1v) is 11.9. The fourth-order valence-corrected chi connectivity index (χ4v) is 6.65. The summed E-state index contributed by atoms with van der Waals surface area (Å²) in [4.78, 5) is 30.5. The van der Waals surface area contributed by atoms with Crippen LogP contribution in [-0.2, 0) is 0 Å². The van der Waals surface area contributed by atoms with E-state index < -0.39 is 20.4 Å². The number of ketones is 2. The molecule has 0 N–H and O–H groups in total. The summed E-state index contributed by atoms with van der Waals surface area (Å²) in [5.74, 6) is -0.341. The van der Waals surface area contributed by atoms with Gasteiger partial charge in [0.05, 0.1) is 0 Å². The zero-order valence-electron chi connectivity index (χ0n) is 15.7. The maximum absolute atomic E-state index is 13.0. The summed E-state index contributed by atoms with van der Waals surface area (Å²) in [5.41, 5.74) is 2.24. The maximum atomic E-state index is 13.0. The van der Waals surface area contributed by atoms with E-state index in [9.17, 15) is 9.59 Å². The quantitative estimate of drug-likeness (QED) is 0.200. The number of Topliss-reactive ketones (excluding diaryl/α,β-unsaturated/α-hetero) is 2. The summed E-state index contributed by atoms with van der Waals surface area (Å²) in [6.07, 6.45) is 5.63. The Labute approximate surface area is 181 Å². The number of hydrogen-bond donors (Lipinski definition) is 0. The van der Waals surface area contributed by atoms with E-state index in [2.05, 4.69) is 21.7 Å². The van der Waals surface area contributed by atoms with Crippen molar-refractivity contribution < 1.29 is 9.59 Å². The average Bonchev–Trinajstić information content (AvgIpc) is 3.47. The normalized spacial score (nSPS) is 13.4. The van der Waals surface area contributed by atoms with Gasteiger partial charge in [-0.15, -0.1) is 0 Å². The Morgan fingerprint density at radius 2 is 1.50 bits per heavy atom. The van der Waals surface area contributed by atoms with Gasteiger partial charge < -0.3 is 0 Å². The third kappa shape index (κ3) is 2.64. The Bertz CT molecular complexity index is 1480. The van der Waals surface area contributed by atoms with Gasteiger partial charge in [0.15, 0.2) is 0 Å². The molecule has 0 atom stereocenters. The van der Waals surface area contributed by atoms with Gasteiger partial charge >= 0.3 is 182 Å². The molecule has 0 fully saturated rings. The molecule has 4 nitrogen and oxygen atoms in total. The molecule has 30 heavy (non-hydrogen) atoms. The topological polar surface area (TPSA) is 52.0 Å². The van der Waals surface area contributed by atoms with Crippen LogP contribution in [-0.4, -0.2) is 41.5 Å². The van der Waals surface area contributed by atoms with Crippen LogP contribution in [0.5, 0.6) is 0 Å². The summed E-state index contributed by atoms with van der Waals surface area (Å²) >= 11 is -0.729. The van der Waals surface area contributed by atoms with Crippen molar-refractivity contribution in [2.45, 2.75) is 0 Å². The molecular weight excluding hydrogens is 488 g/mol. The van der Waals surface area contributed by atoms with Crippen molar-refractivity contribution in [3.63, 3.8) is 0 Å². The number of benzene rings is 2. The van der Waals surface area contributed by atoms with E-state index >= 15 is 0 Å². The van der Waals surface area contributed by atoms with Crippen LogP contribution in [0.3, 0.4) is 0 Å². The predicted octanol–water partition coefficient (Wildman–Crippen LogP) is 4.70. The van der Waals surface area contributed by atoms with Crippen LogP contribution in [0.15, 0.2) is 84.7 Å². The van der Waals surface area contributed by atoms with E-state index in [-0.39, 0.29) is 17.1 Å². The Kier molecular flexibility index (Phi) is 3.89. The van der Waals surface area contributed by atoms with Crippen molar-refractivity contribution in [1.82, 2.24) is 9.55 Å². The van der Waals surface area contributed by atoms with Crippen molar-refractivity contribution in [3.05, 3.63) is 99.4 Å². The number of nitrogens with zero attached hydrogens (tertiary/aromatic N) is 2. The molecule has 1 aliphatic rings. The Balaban J connectivity index is 1.41. The summed E-state index contributed by atoms with van der Waals surface area (Å²) in [5, 5.41) is 3.05. The van der Waals surface area contributed by atoms with Gasteiger partial charge in [-0.3, -0.25) is 0 Å². The molecule has 0 saturated carbocycles. The van der Waals surface area contributed by atoms with Crippen LogP contribution in [0, 0.1) is 0 Å². The molecule has 0 spiro atoms. The number of hydrogen-bond acceptors (Lipinski definition) is 3. The second kappa shape index (κ2) is 6.63. The van der Waals surface area contributed by atoms with Gasteiger partial charge in [-0.2, -0.15) is 0 Å². The average molecular weight is 502 g/mol. The van der Waals surface area contributed by atoms with Crippen molar-refractivity contribution in [2.75, 3.05) is 0 Å². The molecule has 6 rings (SSSR count). The molecule has 3 heterocycles. The van der Waals surface area contributed by atoms with E-state index in [1.165, 1.54) is 3.70 Å². The van der Waals surface area contributed by atoms with Crippen LogP contribution in [0.4, 0.5) is 0 Å². The molecule has 5 heteroatoms. The third-order valence-corrected chi connectivity index (χ3v) is 8.39. The van der Waals surface area contributed by atoms with Crippen LogP contribution in [0.25, 0.3) is 31.6 Å². The standard InChI is InChI=1S/C25H14N2O2Te/c28-23-19-12-16-4-1-2-5-17(16)13-20(19)24(29)21(23)14-18-7-8-22(30-18)27-11-9-15-6-3-10-26-25(15)27/h1-14H. The molecule has 3 aromatic heterocycles. The number of aromatic nitrogens is 2. The van der Waals surface area contributed by atoms with Gasteiger partial charge in [-0.05, 0) is 0 Å². The van der Waals surface area contributed by atoms with Crippen molar-refractivity contribution in [1.29, 1.82) is 0 Å². The van der Waals surface area contributed by atoms with Gasteiger partial charge in [0, 0.05) is 0 Å². The molecule has 0 aliphatic heterocycles. The Hall–Kier alpha value is -3.26. The van der Waals surface area contributed by atoms with Crippen molar-refractivity contribution in [3.8, 4) is 3.70 Å². The van der Waals surface area contributed by atoms with E-state index in [0.29, 0.717) is 11.1 Å². The number of carbonyl (C=O) groups is 2. The Morgan fingerprint density at radius 1 is 0.800 bits per heavy atom. The minimum atomic E-state index is -0.729. The first kappa shape index (κ1) is 17.6. The van der Waals surface area contributed by atoms with E-state index in [1.807, 2.05) is 60.8 Å². The number of allylic oxidation sites excluding steroid dienone is 1. The van der Waals surface area contributed by atoms with E-state index in [0.717, 1.165) is 25.4 Å². The number of carbonyl (C=O) groups excluding carboxylic acids is 2. The van der Waals surface area contributed by atoms with Crippen LogP contribution in [0.2, 0.25) is 0 Å². The van der Waals surface area contributed by atoms with Gasteiger partial charge in [0.25, 0.3) is 0 Å². The molecule has 0 radical (unpaired) electrons. The van der Waals surface area contributed by atoms with Crippen LogP contribution in [0.1, 0.15) is 24.3 Å². The number of fused-ring (bicyclic) bond motifs is 3. The third-order valence-electron chi connectivity index (χ3n) is 5.45. The van der Waals surface area contributed by atoms with E-state index in [4.69, 9.17) is 0 Å². The monoisotopic (exact) mass is 504 g/mol. The van der Waals surface area contributed by atoms with Gasteiger partial charge in [0.2, 0.25) is 0 Å². The molecule has 2 aromatic carbocycles. The fraction of sp³-hybridized carbons (Fsp3) is 0. The molecule has 1 aliphatic carbocycles. The number of rotatable bonds is 2. The predicted molar refractivity (Wildman–Crippen MR) is 119 cm³/mol. The summed E-state index contributed by atoms with van der Waals surface area (Å²) < 4.78 is 4.38. The second-order valence-corrected chi connectivity index (χ2v) is 10.4. The minimum absolute atomic E-state index is 0.171. The zero-order chi connectivity index (χ0) is 20.2. The van der Waals surface area contributed by atoms with Crippen LogP contribution < -0.4 is 0 Å². The summed E-state index contributed by atoms with van der Waals surface area (Å²) in [6.45, 7) is 0. The van der Waals surface area contributed by atoms with Gasteiger partial charge in [-0.1, -0.05) is 0 Å².